The summed E-state index contributed by atoms with van der Waals surface area (Å²) in [5, 5.41) is 3.17. The van der Waals surface area contributed by atoms with Crippen LogP contribution in [0.3, 0.4) is 0 Å². The molecule has 3 N–H and O–H groups in total. The number of aliphatic imine (C=N–C) groups is 1. The van der Waals surface area contributed by atoms with Crippen molar-refractivity contribution in [1.82, 2.24) is 5.32 Å². The van der Waals surface area contributed by atoms with Gasteiger partial charge in [-0.25, -0.2) is 0 Å². The van der Waals surface area contributed by atoms with Gasteiger partial charge in [0.1, 0.15) is 0 Å². The highest BCUT2D eigenvalue weighted by Crippen LogP contribution is 2.13. The minimum Gasteiger partial charge on any atom is -0.370 e. The van der Waals surface area contributed by atoms with Crippen LogP contribution in [0.2, 0.25) is 0 Å². The van der Waals surface area contributed by atoms with Crippen LogP contribution in [0.1, 0.15) is 36.5 Å². The van der Waals surface area contributed by atoms with E-state index in [-0.39, 0.29) is 0 Å². The van der Waals surface area contributed by atoms with E-state index >= 15 is 0 Å². The number of hydrogen-bond donors (Lipinski definition) is 2. The Morgan fingerprint density at radius 1 is 1.28 bits per heavy atom. The molecule has 0 radical (unpaired) electrons. The average Bonchev–Trinajstić information content (AvgIpc) is 2.33. The Morgan fingerprint density at radius 3 is 2.56 bits per heavy atom. The van der Waals surface area contributed by atoms with Gasteiger partial charge in [-0.2, -0.15) is 0 Å². The predicted octanol–water partition coefficient (Wildman–Crippen LogP) is 2.55. The lowest BCUT2D eigenvalue weighted by atomic mass is 10.0. The van der Waals surface area contributed by atoms with Gasteiger partial charge in [0.15, 0.2) is 5.96 Å². The van der Waals surface area contributed by atoms with Crippen molar-refractivity contribution in [2.75, 3.05) is 13.1 Å². The van der Waals surface area contributed by atoms with E-state index in [1.807, 2.05) is 0 Å². The molecule has 0 amide bonds. The number of benzene rings is 1. The quantitative estimate of drug-likeness (QED) is 0.461. The SMILES string of the molecule is CCCCN=C(N)NCCc1c(C)cccc1C. The zero-order chi connectivity index (χ0) is 13.4. The summed E-state index contributed by atoms with van der Waals surface area (Å²) < 4.78 is 0. The third kappa shape index (κ3) is 4.78. The third-order valence-corrected chi connectivity index (χ3v) is 3.12. The summed E-state index contributed by atoms with van der Waals surface area (Å²) in [6, 6.07) is 6.41. The largest absolute Gasteiger partial charge is 0.370 e. The van der Waals surface area contributed by atoms with Gasteiger partial charge in [0.2, 0.25) is 0 Å². The molecule has 0 unspecified atom stereocenters. The first-order valence-corrected chi connectivity index (χ1v) is 6.74. The Labute approximate surface area is 111 Å². The molecule has 0 aromatic heterocycles. The van der Waals surface area contributed by atoms with Crippen molar-refractivity contribution >= 4 is 5.96 Å². The van der Waals surface area contributed by atoms with Crippen LogP contribution in [0.5, 0.6) is 0 Å². The number of nitrogens with one attached hydrogen (secondary N) is 1. The zero-order valence-electron chi connectivity index (χ0n) is 11.8. The molecule has 0 aliphatic carbocycles. The van der Waals surface area contributed by atoms with Gasteiger partial charge >= 0.3 is 0 Å². The minimum absolute atomic E-state index is 0.565. The van der Waals surface area contributed by atoms with Gasteiger partial charge in [-0.1, -0.05) is 31.5 Å². The normalized spacial score (nSPS) is 11.6. The first-order valence-electron chi connectivity index (χ1n) is 6.74. The maximum Gasteiger partial charge on any atom is 0.188 e. The van der Waals surface area contributed by atoms with Crippen LogP contribution in [-0.4, -0.2) is 19.0 Å². The molecular formula is C15H25N3. The molecule has 0 fully saturated rings. The van der Waals surface area contributed by atoms with Crippen LogP contribution >= 0.6 is 0 Å². The Kier molecular flexibility index (Phi) is 6.26. The summed E-state index contributed by atoms with van der Waals surface area (Å²) in [5.41, 5.74) is 9.89. The molecule has 0 saturated carbocycles. The van der Waals surface area contributed by atoms with Crippen LogP contribution in [0.15, 0.2) is 23.2 Å². The highest BCUT2D eigenvalue weighted by Gasteiger charge is 2.01. The summed E-state index contributed by atoms with van der Waals surface area (Å²) >= 11 is 0. The first-order chi connectivity index (χ1) is 8.65. The molecule has 0 spiro atoms. The Hall–Kier alpha value is -1.51. The van der Waals surface area contributed by atoms with E-state index in [0.717, 1.165) is 32.4 Å². The number of nitrogens with two attached hydrogens (primary N) is 1. The smallest absolute Gasteiger partial charge is 0.188 e. The minimum atomic E-state index is 0.565. The van der Waals surface area contributed by atoms with Crippen molar-refractivity contribution in [3.05, 3.63) is 34.9 Å². The maximum absolute atomic E-state index is 5.79. The Balaban J connectivity index is 2.40. The van der Waals surface area contributed by atoms with Crippen LogP contribution < -0.4 is 11.1 Å². The van der Waals surface area contributed by atoms with Gasteiger partial charge in [0.25, 0.3) is 0 Å². The van der Waals surface area contributed by atoms with Gasteiger partial charge in [-0.15, -0.1) is 0 Å². The van der Waals surface area contributed by atoms with Crippen molar-refractivity contribution < 1.29 is 0 Å². The molecule has 0 atom stereocenters. The zero-order valence-corrected chi connectivity index (χ0v) is 11.8. The van der Waals surface area contributed by atoms with Crippen molar-refractivity contribution in [3.63, 3.8) is 0 Å². The molecule has 1 rings (SSSR count). The standard InChI is InChI=1S/C15H25N3/c1-4-5-10-17-15(16)18-11-9-14-12(2)7-6-8-13(14)3/h6-8H,4-5,9-11H2,1-3H3,(H3,16,17,18). The summed E-state index contributed by atoms with van der Waals surface area (Å²) in [5.74, 6) is 0.565. The summed E-state index contributed by atoms with van der Waals surface area (Å²) in [7, 11) is 0. The predicted molar refractivity (Wildman–Crippen MR) is 79.0 cm³/mol. The number of nitrogens with zero attached hydrogens (tertiary/aromatic N) is 1. The molecule has 0 aliphatic rings. The average molecular weight is 247 g/mol. The molecule has 0 aliphatic heterocycles. The molecule has 1 aromatic rings. The molecule has 3 heteroatoms. The fourth-order valence-electron chi connectivity index (χ4n) is 1.97. The second-order valence-electron chi connectivity index (χ2n) is 4.67. The van der Waals surface area contributed by atoms with Gasteiger partial charge < -0.3 is 11.1 Å². The number of guanidine groups is 1. The third-order valence-electron chi connectivity index (χ3n) is 3.12. The second kappa shape index (κ2) is 7.75. The number of rotatable bonds is 6. The number of aryl methyl sites for hydroxylation is 2. The molecule has 1 aromatic carbocycles. The van der Waals surface area contributed by atoms with Gasteiger partial charge in [0.05, 0.1) is 0 Å². The lowest BCUT2D eigenvalue weighted by Gasteiger charge is -2.10. The fourth-order valence-corrected chi connectivity index (χ4v) is 1.97. The van der Waals surface area contributed by atoms with E-state index in [2.05, 4.69) is 49.3 Å². The van der Waals surface area contributed by atoms with E-state index in [0.29, 0.717) is 5.96 Å². The molecule has 18 heavy (non-hydrogen) atoms. The van der Waals surface area contributed by atoms with Crippen molar-refractivity contribution in [2.24, 2.45) is 10.7 Å². The number of unbranched alkanes of at least 4 members (excludes halogenated alkanes) is 1. The lowest BCUT2D eigenvalue weighted by molar-refractivity contribution is 0.789. The molecule has 0 saturated heterocycles. The highest BCUT2D eigenvalue weighted by atomic mass is 15.1. The maximum atomic E-state index is 5.79. The van der Waals surface area contributed by atoms with Crippen molar-refractivity contribution in [3.8, 4) is 0 Å². The van der Waals surface area contributed by atoms with E-state index in [1.54, 1.807) is 0 Å². The molecule has 0 heterocycles. The van der Waals surface area contributed by atoms with Crippen LogP contribution in [0.25, 0.3) is 0 Å². The summed E-state index contributed by atoms with van der Waals surface area (Å²) in [4.78, 5) is 4.27. The monoisotopic (exact) mass is 247 g/mol. The van der Waals surface area contributed by atoms with Crippen LogP contribution in [0, 0.1) is 13.8 Å². The van der Waals surface area contributed by atoms with Crippen molar-refractivity contribution in [2.45, 2.75) is 40.0 Å². The summed E-state index contributed by atoms with van der Waals surface area (Å²) in [6.07, 6.45) is 3.24. The molecule has 0 bridgehead atoms. The Bertz CT molecular complexity index is 376. The van der Waals surface area contributed by atoms with Gasteiger partial charge in [-0.05, 0) is 43.4 Å². The van der Waals surface area contributed by atoms with E-state index in [1.165, 1.54) is 16.7 Å². The topological polar surface area (TPSA) is 50.4 Å². The fraction of sp³-hybridized carbons (Fsp3) is 0.533. The Morgan fingerprint density at radius 2 is 1.94 bits per heavy atom. The molecule has 3 nitrogen and oxygen atoms in total. The van der Waals surface area contributed by atoms with Crippen LogP contribution in [0.4, 0.5) is 0 Å². The second-order valence-corrected chi connectivity index (χ2v) is 4.67. The van der Waals surface area contributed by atoms with Gasteiger partial charge in [-0.3, -0.25) is 4.99 Å². The van der Waals surface area contributed by atoms with Gasteiger partial charge in [0, 0.05) is 13.1 Å². The highest BCUT2D eigenvalue weighted by molar-refractivity contribution is 5.77. The van der Waals surface area contributed by atoms with E-state index in [4.69, 9.17) is 5.73 Å². The summed E-state index contributed by atoms with van der Waals surface area (Å²) in [6.45, 7) is 8.12. The van der Waals surface area contributed by atoms with E-state index in [9.17, 15) is 0 Å². The van der Waals surface area contributed by atoms with E-state index < -0.39 is 0 Å². The first kappa shape index (κ1) is 14.6. The molecular weight excluding hydrogens is 222 g/mol. The lowest BCUT2D eigenvalue weighted by Crippen LogP contribution is -2.33. The molecule has 100 valence electrons. The van der Waals surface area contributed by atoms with Crippen LogP contribution in [-0.2, 0) is 6.42 Å². The van der Waals surface area contributed by atoms with Crippen molar-refractivity contribution in [1.29, 1.82) is 0 Å². The number of hydrogen-bond acceptors (Lipinski definition) is 1.